The SMILES string of the molecule is O=C(O)c1cccc(-c2cccc3nn(Cc4cccc(F)c4)cc23)c1. The number of aromatic carboxylic acids is 1. The van der Waals surface area contributed by atoms with E-state index in [4.69, 9.17) is 0 Å². The fourth-order valence-corrected chi connectivity index (χ4v) is 3.07. The molecule has 0 saturated carbocycles. The van der Waals surface area contributed by atoms with Gasteiger partial charge in [-0.2, -0.15) is 5.10 Å². The number of benzene rings is 3. The summed E-state index contributed by atoms with van der Waals surface area (Å²) in [7, 11) is 0. The number of carboxylic acids is 1. The number of hydrogen-bond acceptors (Lipinski definition) is 2. The monoisotopic (exact) mass is 346 g/mol. The van der Waals surface area contributed by atoms with Crippen LogP contribution >= 0.6 is 0 Å². The Hall–Kier alpha value is -3.47. The Bertz CT molecular complexity index is 1120. The number of nitrogens with zero attached hydrogens (tertiary/aromatic N) is 2. The van der Waals surface area contributed by atoms with E-state index in [1.165, 1.54) is 12.1 Å². The highest BCUT2D eigenvalue weighted by molar-refractivity contribution is 5.96. The van der Waals surface area contributed by atoms with Crippen molar-refractivity contribution in [3.05, 3.63) is 89.9 Å². The molecule has 0 aliphatic rings. The van der Waals surface area contributed by atoms with Gasteiger partial charge in [-0.15, -0.1) is 0 Å². The van der Waals surface area contributed by atoms with Gasteiger partial charge in [0.05, 0.1) is 17.6 Å². The molecule has 0 radical (unpaired) electrons. The summed E-state index contributed by atoms with van der Waals surface area (Å²) in [4.78, 5) is 11.2. The molecule has 128 valence electrons. The first-order valence-electron chi connectivity index (χ1n) is 8.14. The first-order chi connectivity index (χ1) is 12.6. The minimum Gasteiger partial charge on any atom is -0.478 e. The molecule has 0 unspecified atom stereocenters. The minimum absolute atomic E-state index is 0.242. The van der Waals surface area contributed by atoms with Gasteiger partial charge in [0.2, 0.25) is 0 Å². The summed E-state index contributed by atoms with van der Waals surface area (Å²) in [5, 5.41) is 14.7. The van der Waals surface area contributed by atoms with Crippen LogP contribution in [0.2, 0.25) is 0 Å². The molecular weight excluding hydrogens is 331 g/mol. The fourth-order valence-electron chi connectivity index (χ4n) is 3.07. The van der Waals surface area contributed by atoms with Crippen molar-refractivity contribution in [3.8, 4) is 11.1 Å². The Labute approximate surface area is 149 Å². The van der Waals surface area contributed by atoms with Crippen LogP contribution in [-0.2, 0) is 6.54 Å². The van der Waals surface area contributed by atoms with Gasteiger partial charge in [-0.25, -0.2) is 9.18 Å². The van der Waals surface area contributed by atoms with Crippen LogP contribution in [0.5, 0.6) is 0 Å². The van der Waals surface area contributed by atoms with Gasteiger partial charge >= 0.3 is 5.97 Å². The third kappa shape index (κ3) is 3.07. The second-order valence-corrected chi connectivity index (χ2v) is 6.08. The van der Waals surface area contributed by atoms with Crippen LogP contribution in [0.4, 0.5) is 4.39 Å². The Kier molecular flexibility index (Phi) is 3.97. The summed E-state index contributed by atoms with van der Waals surface area (Å²) in [6.45, 7) is 0.459. The highest BCUT2D eigenvalue weighted by atomic mass is 19.1. The van der Waals surface area contributed by atoms with Crippen molar-refractivity contribution in [1.29, 1.82) is 0 Å². The number of fused-ring (bicyclic) bond motifs is 1. The number of rotatable bonds is 4. The van der Waals surface area contributed by atoms with Crippen LogP contribution in [0.25, 0.3) is 22.0 Å². The Morgan fingerprint density at radius 1 is 1.04 bits per heavy atom. The van der Waals surface area contributed by atoms with Crippen LogP contribution in [0.3, 0.4) is 0 Å². The molecule has 4 rings (SSSR count). The lowest BCUT2D eigenvalue weighted by molar-refractivity contribution is 0.0697. The maximum absolute atomic E-state index is 13.4. The van der Waals surface area contributed by atoms with Crippen molar-refractivity contribution in [3.63, 3.8) is 0 Å². The predicted octanol–water partition coefficient (Wildman–Crippen LogP) is 4.59. The van der Waals surface area contributed by atoms with Crippen molar-refractivity contribution < 1.29 is 14.3 Å². The number of hydrogen-bond donors (Lipinski definition) is 1. The number of carboxylic acid groups (broad SMARTS) is 1. The molecule has 0 atom stereocenters. The molecule has 5 heteroatoms. The van der Waals surface area contributed by atoms with Crippen molar-refractivity contribution in [2.45, 2.75) is 6.54 Å². The quantitative estimate of drug-likeness (QED) is 0.588. The first kappa shape index (κ1) is 16.0. The molecule has 4 aromatic rings. The molecule has 0 spiro atoms. The molecule has 3 aromatic carbocycles. The lowest BCUT2D eigenvalue weighted by atomic mass is 10.00. The number of halogens is 1. The van der Waals surface area contributed by atoms with E-state index >= 15 is 0 Å². The Morgan fingerprint density at radius 3 is 2.65 bits per heavy atom. The average Bonchev–Trinajstić information content (AvgIpc) is 3.04. The highest BCUT2D eigenvalue weighted by Gasteiger charge is 2.10. The second kappa shape index (κ2) is 6.44. The summed E-state index contributed by atoms with van der Waals surface area (Å²) in [6.07, 6.45) is 1.91. The lowest BCUT2D eigenvalue weighted by Gasteiger charge is -2.04. The molecule has 26 heavy (non-hydrogen) atoms. The fraction of sp³-hybridized carbons (Fsp3) is 0.0476. The molecular formula is C21H15FN2O2. The van der Waals surface area contributed by atoms with E-state index in [2.05, 4.69) is 5.10 Å². The zero-order valence-corrected chi connectivity index (χ0v) is 13.8. The number of aromatic nitrogens is 2. The summed E-state index contributed by atoms with van der Waals surface area (Å²) >= 11 is 0. The number of carbonyl (C=O) groups is 1. The highest BCUT2D eigenvalue weighted by Crippen LogP contribution is 2.29. The van der Waals surface area contributed by atoms with Crippen LogP contribution < -0.4 is 0 Å². The molecule has 0 aliphatic heterocycles. The third-order valence-electron chi connectivity index (χ3n) is 4.25. The van der Waals surface area contributed by atoms with Gasteiger partial charge in [-0.3, -0.25) is 4.68 Å². The maximum atomic E-state index is 13.4. The zero-order valence-electron chi connectivity index (χ0n) is 13.8. The predicted molar refractivity (Wildman–Crippen MR) is 97.6 cm³/mol. The Balaban J connectivity index is 1.76. The van der Waals surface area contributed by atoms with Gasteiger partial charge < -0.3 is 5.11 Å². The van der Waals surface area contributed by atoms with Crippen molar-refractivity contribution in [2.24, 2.45) is 0 Å². The molecule has 4 nitrogen and oxygen atoms in total. The minimum atomic E-state index is -0.958. The normalized spacial score (nSPS) is 11.0. The van der Waals surface area contributed by atoms with E-state index in [1.807, 2.05) is 36.5 Å². The van der Waals surface area contributed by atoms with Crippen LogP contribution in [0.15, 0.2) is 72.9 Å². The van der Waals surface area contributed by atoms with Gasteiger partial charge in [0.25, 0.3) is 0 Å². The summed E-state index contributed by atoms with van der Waals surface area (Å²) in [5.74, 6) is -1.23. The summed E-state index contributed by atoms with van der Waals surface area (Å²) < 4.78 is 15.2. The molecule has 0 fully saturated rings. The van der Waals surface area contributed by atoms with E-state index in [-0.39, 0.29) is 11.4 Å². The molecule has 0 saturated heterocycles. The van der Waals surface area contributed by atoms with Crippen LogP contribution in [0, 0.1) is 5.82 Å². The van der Waals surface area contributed by atoms with E-state index in [0.717, 1.165) is 27.6 Å². The smallest absolute Gasteiger partial charge is 0.335 e. The lowest BCUT2D eigenvalue weighted by Crippen LogP contribution is -2.00. The molecule has 0 bridgehead atoms. The van der Waals surface area contributed by atoms with E-state index in [0.29, 0.717) is 6.54 Å². The van der Waals surface area contributed by atoms with Crippen molar-refractivity contribution in [1.82, 2.24) is 9.78 Å². The third-order valence-corrected chi connectivity index (χ3v) is 4.25. The van der Waals surface area contributed by atoms with Gasteiger partial charge in [0.15, 0.2) is 0 Å². The molecule has 0 aliphatic carbocycles. The summed E-state index contributed by atoms with van der Waals surface area (Å²) in [5.41, 5.74) is 3.61. The average molecular weight is 346 g/mol. The van der Waals surface area contributed by atoms with Crippen LogP contribution in [0.1, 0.15) is 15.9 Å². The van der Waals surface area contributed by atoms with Gasteiger partial charge in [0.1, 0.15) is 5.82 Å². The van der Waals surface area contributed by atoms with Gasteiger partial charge in [0, 0.05) is 11.6 Å². The topological polar surface area (TPSA) is 55.1 Å². The van der Waals surface area contributed by atoms with Crippen molar-refractivity contribution in [2.75, 3.05) is 0 Å². The summed E-state index contributed by atoms with van der Waals surface area (Å²) in [6, 6.07) is 19.0. The molecule has 1 N–H and O–H groups in total. The maximum Gasteiger partial charge on any atom is 0.335 e. The zero-order chi connectivity index (χ0) is 18.1. The van der Waals surface area contributed by atoms with E-state index < -0.39 is 5.97 Å². The van der Waals surface area contributed by atoms with Gasteiger partial charge in [-0.1, -0.05) is 36.4 Å². The van der Waals surface area contributed by atoms with E-state index in [1.54, 1.807) is 28.9 Å². The van der Waals surface area contributed by atoms with Gasteiger partial charge in [-0.05, 0) is 47.0 Å². The standard InChI is InChI=1S/C21H15FN2O2/c22-17-7-1-4-14(10-17)12-24-13-19-18(8-3-9-20(19)23-24)15-5-2-6-16(11-15)21(25)26/h1-11,13H,12H2,(H,25,26). The Morgan fingerprint density at radius 2 is 1.85 bits per heavy atom. The molecule has 0 amide bonds. The first-order valence-corrected chi connectivity index (χ1v) is 8.14. The largest absolute Gasteiger partial charge is 0.478 e. The van der Waals surface area contributed by atoms with E-state index in [9.17, 15) is 14.3 Å². The molecule has 1 heterocycles. The van der Waals surface area contributed by atoms with Crippen molar-refractivity contribution >= 4 is 16.9 Å². The van der Waals surface area contributed by atoms with Crippen LogP contribution in [-0.4, -0.2) is 20.9 Å². The molecule has 1 aromatic heterocycles. The second-order valence-electron chi connectivity index (χ2n) is 6.08.